The van der Waals surface area contributed by atoms with Crippen LogP contribution in [0.5, 0.6) is 0 Å². The van der Waals surface area contributed by atoms with Crippen LogP contribution in [0.1, 0.15) is 0 Å². The van der Waals surface area contributed by atoms with Gasteiger partial charge in [-0.1, -0.05) is 267 Å². The number of nitrogens with zero attached hydrogens (tertiary/aromatic N) is 4. The molecule has 96 heavy (non-hydrogen) atoms. The highest BCUT2D eigenvalue weighted by Gasteiger charge is 2.24. The minimum atomic E-state index is 1.05. The second kappa shape index (κ2) is 23.7. The number of anilines is 12. The summed E-state index contributed by atoms with van der Waals surface area (Å²) in [6.45, 7) is 0. The third-order valence-electron chi connectivity index (χ3n) is 19.3. The van der Waals surface area contributed by atoms with Crippen LogP contribution in [0.15, 0.2) is 376 Å². The average molecular weight is 1220 g/mol. The lowest BCUT2D eigenvalue weighted by Crippen LogP contribution is -2.13. The first-order valence-corrected chi connectivity index (χ1v) is 33.0. The molecule has 0 amide bonds. The molecule has 4 nitrogen and oxygen atoms in total. The molecule has 0 unspecified atom stereocenters. The third kappa shape index (κ3) is 9.78. The summed E-state index contributed by atoms with van der Waals surface area (Å²) in [4.78, 5) is 9.73. The molecule has 0 fully saturated rings. The van der Waals surface area contributed by atoms with Gasteiger partial charge in [-0.25, -0.2) is 0 Å². The van der Waals surface area contributed by atoms with E-state index >= 15 is 0 Å². The molecule has 0 aliphatic heterocycles. The van der Waals surface area contributed by atoms with Crippen LogP contribution in [0.2, 0.25) is 0 Å². The topological polar surface area (TPSA) is 13.0 Å². The van der Waals surface area contributed by atoms with Crippen molar-refractivity contribution in [2.24, 2.45) is 0 Å². The molecule has 18 rings (SSSR count). The molecular weight excluding hydrogens is 1160 g/mol. The molecule has 0 spiro atoms. The normalized spacial score (nSPS) is 11.5. The predicted molar refractivity (Wildman–Crippen MR) is 411 cm³/mol. The summed E-state index contributed by atoms with van der Waals surface area (Å²) in [6.07, 6.45) is 0. The van der Waals surface area contributed by atoms with E-state index in [0.29, 0.717) is 0 Å². The number of benzene rings is 18. The maximum atomic E-state index is 2.46. The molecule has 0 bridgehead atoms. The lowest BCUT2D eigenvalue weighted by Gasteiger charge is -2.30. The quantitative estimate of drug-likeness (QED) is 0.107. The molecule has 0 saturated heterocycles. The zero-order chi connectivity index (χ0) is 63.5. The Morgan fingerprint density at radius 2 is 0.333 bits per heavy atom. The van der Waals surface area contributed by atoms with Crippen molar-refractivity contribution in [1.29, 1.82) is 0 Å². The van der Waals surface area contributed by atoms with Crippen LogP contribution in [0.3, 0.4) is 0 Å². The summed E-state index contributed by atoms with van der Waals surface area (Å²) in [7, 11) is 0. The van der Waals surface area contributed by atoms with E-state index in [2.05, 4.69) is 396 Å². The van der Waals surface area contributed by atoms with Crippen molar-refractivity contribution >= 4 is 154 Å². The highest BCUT2D eigenvalue weighted by atomic mass is 15.2. The Morgan fingerprint density at radius 3 is 0.635 bits per heavy atom. The zero-order valence-corrected chi connectivity index (χ0v) is 52.6. The Labute approximate surface area is 557 Å². The van der Waals surface area contributed by atoms with E-state index in [0.717, 1.165) is 79.4 Å². The molecule has 0 radical (unpaired) electrons. The summed E-state index contributed by atoms with van der Waals surface area (Å²) in [5.41, 5.74) is 15.3. The van der Waals surface area contributed by atoms with Crippen molar-refractivity contribution in [3.05, 3.63) is 376 Å². The second-order valence-electron chi connectivity index (χ2n) is 24.8. The fourth-order valence-corrected chi connectivity index (χ4v) is 14.8. The van der Waals surface area contributed by atoms with Crippen LogP contribution >= 0.6 is 0 Å². The maximum absolute atomic E-state index is 2.46. The predicted octanol–water partition coefficient (Wildman–Crippen LogP) is 26.5. The van der Waals surface area contributed by atoms with Crippen molar-refractivity contribution in [2.45, 2.75) is 0 Å². The highest BCUT2D eigenvalue weighted by Crippen LogP contribution is 2.49. The average Bonchev–Trinajstić information content (AvgIpc) is 0.759. The van der Waals surface area contributed by atoms with Gasteiger partial charge in [0, 0.05) is 66.4 Å². The molecule has 0 aliphatic carbocycles. The molecule has 0 aliphatic rings. The van der Waals surface area contributed by atoms with Crippen molar-refractivity contribution in [1.82, 2.24) is 0 Å². The number of fused-ring (bicyclic) bond motifs is 10. The summed E-state index contributed by atoms with van der Waals surface area (Å²) >= 11 is 0. The van der Waals surface area contributed by atoms with E-state index in [1.807, 2.05) is 0 Å². The van der Waals surface area contributed by atoms with E-state index in [1.54, 1.807) is 0 Å². The van der Waals surface area contributed by atoms with E-state index in [1.165, 1.54) is 86.2 Å². The van der Waals surface area contributed by atoms with Crippen LogP contribution in [0, 0.1) is 0 Å². The van der Waals surface area contributed by atoms with Crippen LogP contribution in [-0.2, 0) is 0 Å². The van der Waals surface area contributed by atoms with Crippen LogP contribution in [0.4, 0.5) is 68.2 Å². The van der Waals surface area contributed by atoms with Gasteiger partial charge in [-0.2, -0.15) is 0 Å². The van der Waals surface area contributed by atoms with Gasteiger partial charge in [-0.15, -0.1) is 0 Å². The van der Waals surface area contributed by atoms with Gasteiger partial charge in [0.05, 0.1) is 34.1 Å². The molecule has 0 aromatic heterocycles. The Balaban J connectivity index is 0.720. The Hall–Kier alpha value is -12.8. The smallest absolute Gasteiger partial charge is 0.0546 e. The van der Waals surface area contributed by atoms with E-state index in [-0.39, 0.29) is 0 Å². The third-order valence-corrected chi connectivity index (χ3v) is 19.3. The van der Waals surface area contributed by atoms with Crippen LogP contribution < -0.4 is 19.6 Å². The van der Waals surface area contributed by atoms with Gasteiger partial charge in [-0.05, 0) is 174 Å². The molecule has 0 atom stereocenters. The second-order valence-corrected chi connectivity index (χ2v) is 24.8. The number of hydrogen-bond donors (Lipinski definition) is 0. The Kier molecular flexibility index (Phi) is 13.8. The van der Waals surface area contributed by atoms with Crippen molar-refractivity contribution in [2.75, 3.05) is 19.6 Å². The fourth-order valence-electron chi connectivity index (χ4n) is 14.8. The first-order chi connectivity index (χ1) is 47.6. The van der Waals surface area contributed by atoms with Gasteiger partial charge in [-0.3, -0.25) is 0 Å². The molecular formula is C92H62N4. The fraction of sp³-hybridized carbons (Fsp3) is 0. The van der Waals surface area contributed by atoms with Crippen LogP contribution in [-0.4, -0.2) is 0 Å². The van der Waals surface area contributed by atoms with Crippen molar-refractivity contribution in [3.63, 3.8) is 0 Å². The standard InChI is InChI=1S/C92H62N4/c1-9-33-79-65(21-1)27-17-41-87(79)93(73-53-57-75(58-54-73)95(89-43-19-29-67-23-3-11-35-81(67)89)91-61-69-25-5-7-31-77(69)83-37-13-15-39-85(83)91)71-49-45-63(46-50-71)64-47-51-72(52-48-64)94(88-42-18-28-66-22-2-10-34-80(66)88)74-55-59-76(60-56-74)96(90-44-20-30-68-24-4-12-36-82(68)90)92-62-70-26-6-8-32-78(70)84-38-14-16-40-86(84)92/h1-62H. The Morgan fingerprint density at radius 1 is 0.125 bits per heavy atom. The minimum absolute atomic E-state index is 1.05. The van der Waals surface area contributed by atoms with Crippen LogP contribution in [0.25, 0.3) is 97.3 Å². The maximum Gasteiger partial charge on any atom is 0.0546 e. The summed E-state index contributed by atoms with van der Waals surface area (Å²) in [6, 6.07) is 138. The van der Waals surface area contributed by atoms with E-state index in [9.17, 15) is 0 Å². The van der Waals surface area contributed by atoms with E-state index in [4.69, 9.17) is 0 Å². The molecule has 0 N–H and O–H groups in total. The first kappa shape index (κ1) is 56.0. The van der Waals surface area contributed by atoms with Crippen molar-refractivity contribution < 1.29 is 0 Å². The molecule has 18 aromatic carbocycles. The summed E-state index contributed by atoms with van der Waals surface area (Å²) < 4.78 is 0. The van der Waals surface area contributed by atoms with Crippen molar-refractivity contribution in [3.8, 4) is 11.1 Å². The number of rotatable bonds is 13. The first-order valence-electron chi connectivity index (χ1n) is 33.0. The van der Waals surface area contributed by atoms with Gasteiger partial charge >= 0.3 is 0 Å². The highest BCUT2D eigenvalue weighted by molar-refractivity contribution is 6.17. The zero-order valence-electron chi connectivity index (χ0n) is 52.6. The van der Waals surface area contributed by atoms with Gasteiger partial charge < -0.3 is 19.6 Å². The summed E-state index contributed by atoms with van der Waals surface area (Å²) in [5.74, 6) is 0. The van der Waals surface area contributed by atoms with Gasteiger partial charge in [0.15, 0.2) is 0 Å². The lowest BCUT2D eigenvalue weighted by atomic mass is 9.98. The number of hydrogen-bond acceptors (Lipinski definition) is 4. The van der Waals surface area contributed by atoms with E-state index < -0.39 is 0 Å². The molecule has 18 aromatic rings. The lowest BCUT2D eigenvalue weighted by molar-refractivity contribution is 1.27. The molecule has 450 valence electrons. The monoisotopic (exact) mass is 1220 g/mol. The molecule has 4 heteroatoms. The molecule has 0 saturated carbocycles. The molecule has 0 heterocycles. The van der Waals surface area contributed by atoms with Gasteiger partial charge in [0.2, 0.25) is 0 Å². The largest absolute Gasteiger partial charge is 0.310 e. The Bertz CT molecular complexity index is 5590. The summed E-state index contributed by atoms with van der Waals surface area (Å²) in [5, 5.41) is 19.2. The van der Waals surface area contributed by atoms with Gasteiger partial charge in [0.25, 0.3) is 0 Å². The van der Waals surface area contributed by atoms with Gasteiger partial charge in [0.1, 0.15) is 0 Å². The SMILES string of the molecule is c1ccc2c(N(c3ccc(-c4ccc(N(c5ccc(N(c6cccc7ccccc67)c6cc7ccccc7c7ccccc67)cc5)c5cccc6ccccc56)cc4)cc3)c3ccc(N(c4cccc5ccccc45)c4cc5ccccc5c5ccccc45)cc3)cccc2c1. The minimum Gasteiger partial charge on any atom is -0.310 e.